The van der Waals surface area contributed by atoms with Crippen molar-refractivity contribution in [1.29, 1.82) is 0 Å². The average Bonchev–Trinajstić information content (AvgIpc) is 3.23. The summed E-state index contributed by atoms with van der Waals surface area (Å²) in [4.78, 5) is 16.9. The molecule has 0 radical (unpaired) electrons. The van der Waals surface area contributed by atoms with Crippen molar-refractivity contribution >= 4 is 17.5 Å². The lowest BCUT2D eigenvalue weighted by molar-refractivity contribution is -0.117. The molecule has 26 heavy (non-hydrogen) atoms. The van der Waals surface area contributed by atoms with Crippen molar-refractivity contribution in [3.63, 3.8) is 0 Å². The molecule has 0 fully saturated rings. The van der Waals surface area contributed by atoms with Crippen LogP contribution in [0.2, 0.25) is 0 Å². The van der Waals surface area contributed by atoms with Crippen LogP contribution in [0.15, 0.2) is 47.9 Å². The number of hydrogen-bond donors (Lipinski definition) is 0. The van der Waals surface area contributed by atoms with Gasteiger partial charge in [-0.3, -0.25) is 9.78 Å². The molecule has 0 amide bonds. The molecule has 1 unspecified atom stereocenters. The van der Waals surface area contributed by atoms with Crippen molar-refractivity contribution in [1.82, 2.24) is 19.7 Å². The van der Waals surface area contributed by atoms with Crippen LogP contribution in [0.4, 0.5) is 0 Å². The van der Waals surface area contributed by atoms with Crippen molar-refractivity contribution in [3.05, 3.63) is 59.4 Å². The monoisotopic (exact) mass is 364 g/mol. The molecule has 1 aliphatic rings. The highest BCUT2D eigenvalue weighted by atomic mass is 32.2. The first kappa shape index (κ1) is 17.0. The zero-order chi connectivity index (χ0) is 18.1. The lowest BCUT2D eigenvalue weighted by atomic mass is 9.97. The zero-order valence-electron chi connectivity index (χ0n) is 14.8. The Bertz CT molecular complexity index is 952. The molecule has 5 nitrogen and oxygen atoms in total. The highest BCUT2D eigenvalue weighted by Gasteiger charge is 2.28. The van der Waals surface area contributed by atoms with E-state index in [4.69, 9.17) is 0 Å². The van der Waals surface area contributed by atoms with Gasteiger partial charge in [0.1, 0.15) is 0 Å². The minimum Gasteiger partial charge on any atom is -0.305 e. The summed E-state index contributed by atoms with van der Waals surface area (Å²) in [6, 6.07) is 10.3. The van der Waals surface area contributed by atoms with Crippen molar-refractivity contribution in [3.8, 4) is 11.4 Å². The number of pyridine rings is 1. The van der Waals surface area contributed by atoms with Gasteiger partial charge in [0.25, 0.3) is 0 Å². The second-order valence-corrected chi connectivity index (χ2v) is 7.60. The first-order valence-electron chi connectivity index (χ1n) is 8.68. The van der Waals surface area contributed by atoms with E-state index >= 15 is 0 Å². The van der Waals surface area contributed by atoms with Crippen LogP contribution >= 0.6 is 11.8 Å². The fourth-order valence-electron chi connectivity index (χ4n) is 3.50. The van der Waals surface area contributed by atoms with Crippen LogP contribution in [0.25, 0.3) is 11.4 Å². The van der Waals surface area contributed by atoms with Gasteiger partial charge >= 0.3 is 0 Å². The van der Waals surface area contributed by atoms with E-state index in [2.05, 4.69) is 40.3 Å². The van der Waals surface area contributed by atoms with E-state index in [0.717, 1.165) is 29.4 Å². The molecule has 3 aromatic rings. The number of thioether (sulfide) groups is 1. The first-order chi connectivity index (χ1) is 12.6. The molecule has 132 valence electrons. The molecule has 2 aromatic heterocycles. The number of fused-ring (bicyclic) bond motifs is 1. The molecule has 0 spiro atoms. The highest BCUT2D eigenvalue weighted by molar-refractivity contribution is 7.99. The van der Waals surface area contributed by atoms with E-state index in [-0.39, 0.29) is 11.7 Å². The van der Waals surface area contributed by atoms with E-state index in [1.807, 2.05) is 23.7 Å². The number of Topliss-reactive ketones (excluding diaryl/α,β-unsaturated/α-hetero) is 1. The Labute approximate surface area is 156 Å². The molecule has 1 aromatic carbocycles. The van der Waals surface area contributed by atoms with Gasteiger partial charge in [0, 0.05) is 30.9 Å². The van der Waals surface area contributed by atoms with Crippen LogP contribution in [0.3, 0.4) is 0 Å². The molecule has 0 saturated heterocycles. The Kier molecular flexibility index (Phi) is 4.59. The Hall–Kier alpha value is -2.47. The van der Waals surface area contributed by atoms with Crippen LogP contribution in [0, 0.1) is 6.92 Å². The summed E-state index contributed by atoms with van der Waals surface area (Å²) in [5.41, 5.74) is 4.70. The summed E-state index contributed by atoms with van der Waals surface area (Å²) in [6.45, 7) is 2.10. The third kappa shape index (κ3) is 3.17. The van der Waals surface area contributed by atoms with Crippen molar-refractivity contribution in [2.75, 3.05) is 5.75 Å². The molecular formula is C20H20N4OS. The molecule has 2 heterocycles. The molecule has 0 saturated carbocycles. The van der Waals surface area contributed by atoms with Gasteiger partial charge in [-0.05, 0) is 43.0 Å². The molecule has 0 N–H and O–H groups in total. The topological polar surface area (TPSA) is 60.7 Å². The SMILES string of the molecule is Cc1ccc2c(c1)CCC2C(=O)CSc1nnc(-c2cccnc2)n1C. The number of nitrogens with zero attached hydrogens (tertiary/aromatic N) is 4. The van der Waals surface area contributed by atoms with E-state index in [0.29, 0.717) is 5.75 Å². The van der Waals surface area contributed by atoms with E-state index in [9.17, 15) is 4.79 Å². The lowest BCUT2D eigenvalue weighted by Gasteiger charge is -2.10. The molecule has 6 heteroatoms. The van der Waals surface area contributed by atoms with E-state index < -0.39 is 0 Å². The predicted molar refractivity (Wildman–Crippen MR) is 102 cm³/mol. The van der Waals surface area contributed by atoms with Gasteiger partial charge in [-0.15, -0.1) is 10.2 Å². The Morgan fingerprint density at radius 1 is 1.31 bits per heavy atom. The van der Waals surface area contributed by atoms with E-state index in [1.165, 1.54) is 28.5 Å². The van der Waals surface area contributed by atoms with Gasteiger partial charge in [-0.25, -0.2) is 0 Å². The molecule has 4 rings (SSSR count). The molecule has 0 bridgehead atoms. The summed E-state index contributed by atoms with van der Waals surface area (Å²) in [5, 5.41) is 9.24. The maximum absolute atomic E-state index is 12.8. The lowest BCUT2D eigenvalue weighted by Crippen LogP contribution is -2.12. The fraction of sp³-hybridized carbons (Fsp3) is 0.300. The largest absolute Gasteiger partial charge is 0.305 e. The maximum Gasteiger partial charge on any atom is 0.191 e. The minimum absolute atomic E-state index is 0.0177. The van der Waals surface area contributed by atoms with Gasteiger partial charge in [-0.1, -0.05) is 35.5 Å². The van der Waals surface area contributed by atoms with E-state index in [1.54, 1.807) is 12.4 Å². The number of aryl methyl sites for hydroxylation is 2. The van der Waals surface area contributed by atoms with Gasteiger partial charge in [0.05, 0.1) is 5.75 Å². The minimum atomic E-state index is 0.0177. The zero-order valence-corrected chi connectivity index (χ0v) is 15.7. The third-order valence-electron chi connectivity index (χ3n) is 4.86. The molecular weight excluding hydrogens is 344 g/mol. The summed E-state index contributed by atoms with van der Waals surface area (Å²) >= 11 is 1.45. The highest BCUT2D eigenvalue weighted by Crippen LogP contribution is 2.35. The van der Waals surface area contributed by atoms with Gasteiger partial charge in [0.2, 0.25) is 0 Å². The molecule has 1 atom stereocenters. The van der Waals surface area contributed by atoms with Gasteiger partial charge < -0.3 is 4.57 Å². The normalized spacial score (nSPS) is 15.8. The Balaban J connectivity index is 1.46. The Morgan fingerprint density at radius 3 is 3.00 bits per heavy atom. The van der Waals surface area contributed by atoms with Crippen LogP contribution in [0.1, 0.15) is 29.0 Å². The van der Waals surface area contributed by atoms with Crippen molar-refractivity contribution in [2.24, 2.45) is 7.05 Å². The van der Waals surface area contributed by atoms with Crippen LogP contribution in [-0.2, 0) is 18.3 Å². The van der Waals surface area contributed by atoms with Crippen molar-refractivity contribution in [2.45, 2.75) is 30.8 Å². The predicted octanol–water partition coefficient (Wildman–Crippen LogP) is 3.58. The summed E-state index contributed by atoms with van der Waals surface area (Å²) in [6.07, 6.45) is 5.40. The number of hydrogen-bond acceptors (Lipinski definition) is 5. The van der Waals surface area contributed by atoms with Crippen LogP contribution in [0.5, 0.6) is 0 Å². The quantitative estimate of drug-likeness (QED) is 0.648. The summed E-state index contributed by atoms with van der Waals surface area (Å²) in [5.74, 6) is 1.46. The number of carbonyl (C=O) groups excluding carboxylic acids is 1. The molecule has 1 aliphatic carbocycles. The molecule has 0 aliphatic heterocycles. The fourth-order valence-corrected chi connectivity index (χ4v) is 4.36. The van der Waals surface area contributed by atoms with Crippen molar-refractivity contribution < 1.29 is 4.79 Å². The number of ketones is 1. The summed E-state index contributed by atoms with van der Waals surface area (Å²) < 4.78 is 1.92. The second-order valence-electron chi connectivity index (χ2n) is 6.66. The number of rotatable bonds is 5. The standard InChI is InChI=1S/C20H20N4OS/c1-13-5-7-16-14(10-13)6-8-17(16)18(25)12-26-20-23-22-19(24(20)2)15-4-3-9-21-11-15/h3-5,7,9-11,17H,6,8,12H2,1-2H3. The summed E-state index contributed by atoms with van der Waals surface area (Å²) in [7, 11) is 1.92. The first-order valence-corrected chi connectivity index (χ1v) is 9.67. The number of aromatic nitrogens is 4. The average molecular weight is 364 g/mol. The third-order valence-corrected chi connectivity index (χ3v) is 5.91. The second kappa shape index (κ2) is 7.03. The smallest absolute Gasteiger partial charge is 0.191 e. The maximum atomic E-state index is 12.8. The number of carbonyl (C=O) groups is 1. The Morgan fingerprint density at radius 2 is 2.19 bits per heavy atom. The van der Waals surface area contributed by atoms with Crippen LogP contribution in [-0.4, -0.2) is 31.3 Å². The van der Waals surface area contributed by atoms with Gasteiger partial charge in [-0.2, -0.15) is 0 Å². The van der Waals surface area contributed by atoms with Crippen LogP contribution < -0.4 is 0 Å². The number of benzene rings is 1. The van der Waals surface area contributed by atoms with Gasteiger partial charge in [0.15, 0.2) is 16.8 Å².